The fraction of sp³-hybridized carbons (Fsp3) is 0.357. The van der Waals surface area contributed by atoms with E-state index in [0.29, 0.717) is 0 Å². The Morgan fingerprint density at radius 3 is 2.56 bits per heavy atom. The van der Waals surface area contributed by atoms with Crippen molar-refractivity contribution in [3.8, 4) is 16.3 Å². The number of ether oxygens (including phenoxy) is 1. The molecule has 2 rings (SSSR count). The maximum Gasteiger partial charge on any atom is 0.124 e. The second-order valence-corrected chi connectivity index (χ2v) is 5.18. The van der Waals surface area contributed by atoms with Crippen LogP contribution in [0.1, 0.15) is 22.4 Å². The second-order valence-electron chi connectivity index (χ2n) is 4.32. The molecule has 0 saturated carbocycles. The molecule has 0 unspecified atom stereocenters. The number of aryl methyl sites for hydroxylation is 1. The Bertz CT molecular complexity index is 575. The molecule has 0 saturated heterocycles. The maximum absolute atomic E-state index is 9.10. The average molecular weight is 263 g/mol. The van der Waals surface area contributed by atoms with Crippen LogP contribution in [0.15, 0.2) is 11.4 Å². The highest BCUT2D eigenvalue weighted by Crippen LogP contribution is 2.35. The summed E-state index contributed by atoms with van der Waals surface area (Å²) in [5.74, 6) is 0.910. The SMILES string of the molecule is COc1cc(C)c(-c2nc(CO)cs2)c(C)c1C. The Balaban J connectivity index is 2.60. The highest BCUT2D eigenvalue weighted by Gasteiger charge is 2.15. The highest BCUT2D eigenvalue weighted by molar-refractivity contribution is 7.13. The molecule has 0 aliphatic heterocycles. The smallest absolute Gasteiger partial charge is 0.124 e. The van der Waals surface area contributed by atoms with Gasteiger partial charge < -0.3 is 9.84 Å². The molecule has 0 aliphatic rings. The van der Waals surface area contributed by atoms with Crippen molar-refractivity contribution in [3.63, 3.8) is 0 Å². The highest BCUT2D eigenvalue weighted by atomic mass is 32.1. The Kier molecular flexibility index (Phi) is 3.68. The number of nitrogens with zero attached hydrogens (tertiary/aromatic N) is 1. The quantitative estimate of drug-likeness (QED) is 0.924. The molecule has 0 atom stereocenters. The summed E-state index contributed by atoms with van der Waals surface area (Å²) in [6.07, 6.45) is 0. The Morgan fingerprint density at radius 2 is 2.00 bits per heavy atom. The van der Waals surface area contributed by atoms with Gasteiger partial charge in [0.1, 0.15) is 10.8 Å². The number of benzene rings is 1. The van der Waals surface area contributed by atoms with Crippen molar-refractivity contribution in [1.82, 2.24) is 4.98 Å². The predicted octanol–water partition coefficient (Wildman–Crippen LogP) is 3.24. The number of hydrogen-bond donors (Lipinski definition) is 1. The van der Waals surface area contributed by atoms with Gasteiger partial charge in [0.25, 0.3) is 0 Å². The van der Waals surface area contributed by atoms with Gasteiger partial charge >= 0.3 is 0 Å². The average Bonchev–Trinajstić information content (AvgIpc) is 2.82. The van der Waals surface area contributed by atoms with Crippen LogP contribution in [0, 0.1) is 20.8 Å². The van der Waals surface area contributed by atoms with E-state index in [9.17, 15) is 0 Å². The minimum Gasteiger partial charge on any atom is -0.496 e. The molecule has 1 aromatic carbocycles. The number of aliphatic hydroxyl groups is 1. The van der Waals surface area contributed by atoms with E-state index >= 15 is 0 Å². The van der Waals surface area contributed by atoms with E-state index in [-0.39, 0.29) is 6.61 Å². The Labute approximate surface area is 111 Å². The molecule has 1 aromatic heterocycles. The van der Waals surface area contributed by atoms with Gasteiger partial charge in [-0.05, 0) is 43.5 Å². The lowest BCUT2D eigenvalue weighted by Gasteiger charge is -2.14. The van der Waals surface area contributed by atoms with Gasteiger partial charge in [0.05, 0.1) is 19.4 Å². The Hall–Kier alpha value is -1.39. The van der Waals surface area contributed by atoms with Gasteiger partial charge in [0.2, 0.25) is 0 Å². The molecular weight excluding hydrogens is 246 g/mol. The van der Waals surface area contributed by atoms with Gasteiger partial charge in [-0.1, -0.05) is 0 Å². The molecule has 0 bridgehead atoms. The van der Waals surface area contributed by atoms with Crippen molar-refractivity contribution in [2.75, 3.05) is 7.11 Å². The standard InChI is InChI=1S/C14H17NO2S/c1-8-5-12(17-4)9(2)10(3)13(8)14-15-11(6-16)7-18-14/h5,7,16H,6H2,1-4H3. The van der Waals surface area contributed by atoms with E-state index < -0.39 is 0 Å². The molecule has 18 heavy (non-hydrogen) atoms. The fourth-order valence-corrected chi connectivity index (χ4v) is 3.06. The zero-order valence-corrected chi connectivity index (χ0v) is 11.9. The molecule has 3 nitrogen and oxygen atoms in total. The third-order valence-electron chi connectivity index (χ3n) is 3.20. The van der Waals surface area contributed by atoms with Gasteiger partial charge in [-0.25, -0.2) is 4.98 Å². The van der Waals surface area contributed by atoms with Crippen LogP contribution < -0.4 is 4.74 Å². The van der Waals surface area contributed by atoms with Crippen LogP contribution >= 0.6 is 11.3 Å². The van der Waals surface area contributed by atoms with Crippen LogP contribution in [-0.4, -0.2) is 17.2 Å². The van der Waals surface area contributed by atoms with Gasteiger partial charge in [0.15, 0.2) is 0 Å². The summed E-state index contributed by atoms with van der Waals surface area (Å²) >= 11 is 1.57. The number of hydrogen-bond acceptors (Lipinski definition) is 4. The van der Waals surface area contributed by atoms with Crippen molar-refractivity contribution in [2.24, 2.45) is 0 Å². The van der Waals surface area contributed by atoms with Crippen molar-refractivity contribution in [2.45, 2.75) is 27.4 Å². The number of aliphatic hydroxyl groups excluding tert-OH is 1. The molecule has 0 spiro atoms. The van der Waals surface area contributed by atoms with E-state index in [1.807, 2.05) is 11.4 Å². The first-order chi connectivity index (χ1) is 8.58. The Morgan fingerprint density at radius 1 is 1.28 bits per heavy atom. The zero-order valence-electron chi connectivity index (χ0n) is 11.1. The van der Waals surface area contributed by atoms with E-state index in [1.165, 1.54) is 5.56 Å². The first kappa shape index (κ1) is 13.1. The number of methoxy groups -OCH3 is 1. The summed E-state index contributed by atoms with van der Waals surface area (Å²) in [5, 5.41) is 12.0. The van der Waals surface area contributed by atoms with Gasteiger partial charge in [-0.2, -0.15) is 0 Å². The number of rotatable bonds is 3. The molecule has 0 amide bonds. The lowest BCUT2D eigenvalue weighted by Crippen LogP contribution is -1.96. The summed E-state index contributed by atoms with van der Waals surface area (Å²) < 4.78 is 5.37. The third-order valence-corrected chi connectivity index (χ3v) is 4.11. The summed E-state index contributed by atoms with van der Waals surface area (Å²) in [7, 11) is 1.69. The first-order valence-electron chi connectivity index (χ1n) is 5.79. The monoisotopic (exact) mass is 263 g/mol. The largest absolute Gasteiger partial charge is 0.496 e. The molecule has 96 valence electrons. The van der Waals surface area contributed by atoms with E-state index in [4.69, 9.17) is 9.84 Å². The van der Waals surface area contributed by atoms with Crippen molar-refractivity contribution < 1.29 is 9.84 Å². The van der Waals surface area contributed by atoms with Crippen LogP contribution in [0.5, 0.6) is 5.75 Å². The van der Waals surface area contributed by atoms with Gasteiger partial charge in [0, 0.05) is 10.9 Å². The van der Waals surface area contributed by atoms with Crippen molar-refractivity contribution >= 4 is 11.3 Å². The summed E-state index contributed by atoms with van der Waals surface area (Å²) in [6, 6.07) is 2.04. The molecule has 1 N–H and O–H groups in total. The molecular formula is C14H17NO2S. The summed E-state index contributed by atoms with van der Waals surface area (Å²) in [4.78, 5) is 4.44. The van der Waals surface area contributed by atoms with E-state index in [2.05, 4.69) is 25.8 Å². The second kappa shape index (κ2) is 5.08. The predicted molar refractivity (Wildman–Crippen MR) is 74.2 cm³/mol. The van der Waals surface area contributed by atoms with Crippen LogP contribution in [0.3, 0.4) is 0 Å². The normalized spacial score (nSPS) is 10.7. The van der Waals surface area contributed by atoms with E-state index in [1.54, 1.807) is 18.4 Å². The van der Waals surface area contributed by atoms with Crippen LogP contribution in [0.2, 0.25) is 0 Å². The molecule has 1 heterocycles. The molecule has 0 radical (unpaired) electrons. The lowest BCUT2D eigenvalue weighted by molar-refractivity contribution is 0.278. The number of aromatic nitrogens is 1. The van der Waals surface area contributed by atoms with Crippen molar-refractivity contribution in [3.05, 3.63) is 33.8 Å². The van der Waals surface area contributed by atoms with Crippen LogP contribution in [-0.2, 0) is 6.61 Å². The van der Waals surface area contributed by atoms with Crippen molar-refractivity contribution in [1.29, 1.82) is 0 Å². The lowest BCUT2D eigenvalue weighted by atomic mass is 9.98. The zero-order chi connectivity index (χ0) is 13.3. The molecule has 0 fully saturated rings. The van der Waals surface area contributed by atoms with Gasteiger partial charge in [-0.3, -0.25) is 0 Å². The summed E-state index contributed by atoms with van der Waals surface area (Å²) in [6.45, 7) is 6.19. The minimum absolute atomic E-state index is 0.0102. The summed E-state index contributed by atoms with van der Waals surface area (Å²) in [5.41, 5.74) is 5.35. The fourth-order valence-electron chi connectivity index (χ4n) is 2.08. The third kappa shape index (κ3) is 2.13. The molecule has 2 aromatic rings. The molecule has 4 heteroatoms. The maximum atomic E-state index is 9.10. The first-order valence-corrected chi connectivity index (χ1v) is 6.66. The van der Waals surface area contributed by atoms with Crippen LogP contribution in [0.25, 0.3) is 10.6 Å². The number of thiazole rings is 1. The topological polar surface area (TPSA) is 42.4 Å². The van der Waals surface area contributed by atoms with Gasteiger partial charge in [-0.15, -0.1) is 11.3 Å². The minimum atomic E-state index is -0.0102. The molecule has 0 aliphatic carbocycles. The van der Waals surface area contributed by atoms with Crippen LogP contribution in [0.4, 0.5) is 0 Å². The van der Waals surface area contributed by atoms with E-state index in [0.717, 1.165) is 33.1 Å².